The smallest absolute Gasteiger partial charge is 0.262 e. The van der Waals surface area contributed by atoms with Gasteiger partial charge in [0.15, 0.2) is 11.5 Å². The van der Waals surface area contributed by atoms with Crippen LogP contribution in [0, 0.1) is 0 Å². The van der Waals surface area contributed by atoms with Crippen molar-refractivity contribution in [2.24, 2.45) is 0 Å². The van der Waals surface area contributed by atoms with Crippen LogP contribution in [0.3, 0.4) is 0 Å². The standard InChI is InChI=1S/C19H20F2N2O3/c1-25-16-4-2-3-5-17(16)26-14-8-6-13(7-9-14)11-22-18(24)15-10-19(20,21)12-23-15/h2-9,15,23H,10-12H2,1H3,(H,22,24). The molecule has 0 saturated carbocycles. The van der Waals surface area contributed by atoms with E-state index in [1.165, 1.54) is 0 Å². The van der Waals surface area contributed by atoms with Crippen LogP contribution in [0.1, 0.15) is 12.0 Å². The minimum absolute atomic E-state index is 0.261. The Morgan fingerprint density at radius 3 is 2.50 bits per heavy atom. The number of hydrogen-bond acceptors (Lipinski definition) is 4. The predicted molar refractivity (Wildman–Crippen MR) is 92.7 cm³/mol. The first-order chi connectivity index (χ1) is 12.5. The highest BCUT2D eigenvalue weighted by molar-refractivity contribution is 5.82. The van der Waals surface area contributed by atoms with Crippen LogP contribution in [-0.2, 0) is 11.3 Å². The molecule has 3 rings (SSSR count). The first kappa shape index (κ1) is 18.1. The summed E-state index contributed by atoms with van der Waals surface area (Å²) in [5.74, 6) is -1.38. The Balaban J connectivity index is 1.54. The number of rotatable bonds is 6. The van der Waals surface area contributed by atoms with Crippen LogP contribution in [-0.4, -0.2) is 31.5 Å². The van der Waals surface area contributed by atoms with E-state index in [1.807, 2.05) is 24.3 Å². The molecule has 0 bridgehead atoms. The molecule has 1 atom stereocenters. The monoisotopic (exact) mass is 362 g/mol. The van der Waals surface area contributed by atoms with Crippen molar-refractivity contribution >= 4 is 5.91 Å². The van der Waals surface area contributed by atoms with Gasteiger partial charge in [-0.15, -0.1) is 0 Å². The van der Waals surface area contributed by atoms with Crippen molar-refractivity contribution in [3.05, 3.63) is 54.1 Å². The lowest BCUT2D eigenvalue weighted by molar-refractivity contribution is -0.123. The van der Waals surface area contributed by atoms with E-state index in [0.717, 1.165) is 5.56 Å². The molecule has 1 aliphatic rings. The fourth-order valence-corrected chi connectivity index (χ4v) is 2.72. The Hall–Kier alpha value is -2.67. The molecular formula is C19H20F2N2O3. The Morgan fingerprint density at radius 2 is 1.88 bits per heavy atom. The molecule has 1 heterocycles. The fourth-order valence-electron chi connectivity index (χ4n) is 2.72. The molecule has 26 heavy (non-hydrogen) atoms. The van der Waals surface area contributed by atoms with Crippen molar-refractivity contribution in [2.75, 3.05) is 13.7 Å². The van der Waals surface area contributed by atoms with Gasteiger partial charge in [0.05, 0.1) is 19.7 Å². The van der Waals surface area contributed by atoms with Crippen LogP contribution in [0.5, 0.6) is 17.2 Å². The molecule has 1 unspecified atom stereocenters. The van der Waals surface area contributed by atoms with Crippen molar-refractivity contribution < 1.29 is 23.0 Å². The lowest BCUT2D eigenvalue weighted by atomic mass is 10.1. The van der Waals surface area contributed by atoms with Crippen molar-refractivity contribution in [3.8, 4) is 17.2 Å². The van der Waals surface area contributed by atoms with Crippen LogP contribution in [0.2, 0.25) is 0 Å². The highest BCUT2D eigenvalue weighted by Crippen LogP contribution is 2.31. The van der Waals surface area contributed by atoms with E-state index in [-0.39, 0.29) is 6.54 Å². The third-order valence-corrected chi connectivity index (χ3v) is 4.11. The average molecular weight is 362 g/mol. The van der Waals surface area contributed by atoms with Crippen LogP contribution in [0.15, 0.2) is 48.5 Å². The number of amides is 1. The van der Waals surface area contributed by atoms with Gasteiger partial charge < -0.3 is 14.8 Å². The summed E-state index contributed by atoms with van der Waals surface area (Å²) in [5.41, 5.74) is 0.843. The number of alkyl halides is 2. The van der Waals surface area contributed by atoms with Crippen LogP contribution >= 0.6 is 0 Å². The quantitative estimate of drug-likeness (QED) is 0.829. The van der Waals surface area contributed by atoms with E-state index in [9.17, 15) is 13.6 Å². The molecule has 2 aromatic rings. The molecule has 2 N–H and O–H groups in total. The largest absolute Gasteiger partial charge is 0.493 e. The van der Waals surface area contributed by atoms with Crippen molar-refractivity contribution in [1.82, 2.24) is 10.6 Å². The zero-order valence-corrected chi connectivity index (χ0v) is 14.3. The number of ether oxygens (including phenoxy) is 2. The van der Waals surface area contributed by atoms with Crippen LogP contribution in [0.25, 0.3) is 0 Å². The third kappa shape index (κ3) is 4.49. The molecule has 5 nitrogen and oxygen atoms in total. The Bertz CT molecular complexity index is 766. The third-order valence-electron chi connectivity index (χ3n) is 4.11. The Kier molecular flexibility index (Phi) is 5.37. The SMILES string of the molecule is COc1ccccc1Oc1ccc(CNC(=O)C2CC(F)(F)CN2)cc1. The van der Waals surface area contributed by atoms with E-state index >= 15 is 0 Å². The summed E-state index contributed by atoms with van der Waals surface area (Å²) in [6.45, 7) is -0.197. The molecule has 1 aliphatic heterocycles. The first-order valence-electron chi connectivity index (χ1n) is 8.25. The van der Waals surface area contributed by atoms with Gasteiger partial charge in [0.25, 0.3) is 5.92 Å². The van der Waals surface area contributed by atoms with Gasteiger partial charge in [0.2, 0.25) is 5.91 Å². The van der Waals surface area contributed by atoms with E-state index in [2.05, 4.69) is 10.6 Å². The van der Waals surface area contributed by atoms with E-state index in [0.29, 0.717) is 17.2 Å². The molecule has 0 aromatic heterocycles. The number of carbonyl (C=O) groups excluding carboxylic acids is 1. The van der Waals surface area contributed by atoms with Gasteiger partial charge in [0.1, 0.15) is 5.75 Å². The van der Waals surface area contributed by atoms with E-state index in [4.69, 9.17) is 9.47 Å². The van der Waals surface area contributed by atoms with Gasteiger partial charge in [-0.05, 0) is 29.8 Å². The Labute approximate surface area is 150 Å². The summed E-state index contributed by atoms with van der Waals surface area (Å²) in [5, 5.41) is 5.21. The lowest BCUT2D eigenvalue weighted by Crippen LogP contribution is -2.39. The van der Waals surface area contributed by atoms with Gasteiger partial charge in [-0.2, -0.15) is 0 Å². The maximum Gasteiger partial charge on any atom is 0.262 e. The minimum Gasteiger partial charge on any atom is -0.493 e. The zero-order chi connectivity index (χ0) is 18.6. The molecule has 2 aromatic carbocycles. The normalized spacial score (nSPS) is 18.3. The van der Waals surface area contributed by atoms with Gasteiger partial charge in [-0.3, -0.25) is 10.1 Å². The summed E-state index contributed by atoms with van der Waals surface area (Å²) < 4.78 is 37.3. The van der Waals surface area contributed by atoms with Gasteiger partial charge in [0, 0.05) is 13.0 Å². The van der Waals surface area contributed by atoms with E-state index in [1.54, 1.807) is 31.4 Å². The second-order valence-electron chi connectivity index (χ2n) is 6.11. The Morgan fingerprint density at radius 1 is 1.19 bits per heavy atom. The summed E-state index contributed by atoms with van der Waals surface area (Å²) >= 11 is 0. The maximum absolute atomic E-state index is 13.1. The molecule has 1 amide bonds. The molecule has 7 heteroatoms. The fraction of sp³-hybridized carbons (Fsp3) is 0.316. The summed E-state index contributed by atoms with van der Waals surface area (Å²) in [6, 6.07) is 13.6. The maximum atomic E-state index is 13.1. The van der Waals surface area contributed by atoms with Gasteiger partial charge in [-0.1, -0.05) is 24.3 Å². The van der Waals surface area contributed by atoms with Crippen LogP contribution < -0.4 is 20.1 Å². The summed E-state index contributed by atoms with van der Waals surface area (Å²) in [4.78, 5) is 11.9. The number of carbonyl (C=O) groups is 1. The number of nitrogens with one attached hydrogen (secondary N) is 2. The highest BCUT2D eigenvalue weighted by Gasteiger charge is 2.42. The summed E-state index contributed by atoms with van der Waals surface area (Å²) in [7, 11) is 1.57. The van der Waals surface area contributed by atoms with Crippen LogP contribution in [0.4, 0.5) is 8.78 Å². The molecule has 138 valence electrons. The second-order valence-corrected chi connectivity index (χ2v) is 6.11. The minimum atomic E-state index is -2.82. The molecule has 1 saturated heterocycles. The number of methoxy groups -OCH3 is 1. The van der Waals surface area contributed by atoms with Crippen molar-refractivity contribution in [2.45, 2.75) is 24.9 Å². The lowest BCUT2D eigenvalue weighted by Gasteiger charge is -2.12. The van der Waals surface area contributed by atoms with Crippen molar-refractivity contribution in [3.63, 3.8) is 0 Å². The van der Waals surface area contributed by atoms with Gasteiger partial charge in [-0.25, -0.2) is 8.78 Å². The van der Waals surface area contributed by atoms with Crippen molar-refractivity contribution in [1.29, 1.82) is 0 Å². The van der Waals surface area contributed by atoms with E-state index < -0.39 is 30.8 Å². The average Bonchev–Trinajstić information content (AvgIpc) is 3.01. The molecule has 0 spiro atoms. The number of hydrogen-bond donors (Lipinski definition) is 2. The zero-order valence-electron chi connectivity index (χ0n) is 14.3. The molecular weight excluding hydrogens is 342 g/mol. The number of para-hydroxylation sites is 2. The molecule has 0 radical (unpaired) electrons. The first-order valence-corrected chi connectivity index (χ1v) is 8.25. The topological polar surface area (TPSA) is 59.6 Å². The van der Waals surface area contributed by atoms with Gasteiger partial charge >= 0.3 is 0 Å². The number of benzene rings is 2. The summed E-state index contributed by atoms with van der Waals surface area (Å²) in [6.07, 6.45) is -0.468. The predicted octanol–water partition coefficient (Wildman–Crippen LogP) is 3.10. The highest BCUT2D eigenvalue weighted by atomic mass is 19.3. The molecule has 1 fully saturated rings. The molecule has 0 aliphatic carbocycles. The second kappa shape index (κ2) is 7.70. The number of halogens is 2.